The summed E-state index contributed by atoms with van der Waals surface area (Å²) in [5, 5.41) is 21.4. The third-order valence-electron chi connectivity index (χ3n) is 6.83. The molecule has 0 bridgehead atoms. The van der Waals surface area contributed by atoms with E-state index in [0.717, 1.165) is 16.5 Å². The van der Waals surface area contributed by atoms with E-state index < -0.39 is 96.1 Å². The number of carboxylic acid groups (broad SMARTS) is 1. The number of aryl methyl sites for hydroxylation is 1. The van der Waals surface area contributed by atoms with Crippen molar-refractivity contribution in [3.05, 3.63) is 65.9 Å². The van der Waals surface area contributed by atoms with Crippen LogP contribution in [0.15, 0.2) is 59.6 Å². The molecular formula is C30H36N8O10S. The SMILES string of the molecule is Cc1ccc(S(=O)(=O)N[C@@H](CC(=O)O)C(=O)NCC(=O)NCC(=O)NCC(=O)NC(Cc2c[nH]c3ccccc23)C(=O)NCC(N)=O)cc1. The van der Waals surface area contributed by atoms with Gasteiger partial charge in [0.15, 0.2) is 0 Å². The van der Waals surface area contributed by atoms with Gasteiger partial charge in [-0.05, 0) is 30.7 Å². The maximum absolute atomic E-state index is 12.7. The van der Waals surface area contributed by atoms with Gasteiger partial charge in [0.05, 0.1) is 37.5 Å². The van der Waals surface area contributed by atoms with E-state index in [4.69, 9.17) is 10.8 Å². The number of carbonyl (C=O) groups is 7. The lowest BCUT2D eigenvalue weighted by atomic mass is 10.0. The number of nitrogens with one attached hydrogen (secondary N) is 7. The van der Waals surface area contributed by atoms with Gasteiger partial charge < -0.3 is 42.4 Å². The smallest absolute Gasteiger partial charge is 0.305 e. The fourth-order valence-electron chi connectivity index (χ4n) is 4.38. The highest BCUT2D eigenvalue weighted by atomic mass is 32.2. The van der Waals surface area contributed by atoms with Crippen LogP contribution in [-0.2, 0) is 50.0 Å². The van der Waals surface area contributed by atoms with Gasteiger partial charge in [0.1, 0.15) is 12.1 Å². The van der Waals surface area contributed by atoms with Crippen molar-refractivity contribution >= 4 is 62.3 Å². The highest BCUT2D eigenvalue weighted by Gasteiger charge is 2.28. The van der Waals surface area contributed by atoms with Crippen LogP contribution in [0, 0.1) is 6.92 Å². The number of H-pyrrole nitrogens is 1. The Hall–Kier alpha value is -5.82. The number of primary amides is 1. The van der Waals surface area contributed by atoms with Crippen molar-refractivity contribution in [3.8, 4) is 0 Å². The third-order valence-corrected chi connectivity index (χ3v) is 8.31. The molecule has 1 heterocycles. The molecule has 0 spiro atoms. The number of carbonyl (C=O) groups excluding carboxylic acids is 6. The van der Waals surface area contributed by atoms with Crippen LogP contribution < -0.4 is 37.0 Å². The van der Waals surface area contributed by atoms with Crippen molar-refractivity contribution < 1.29 is 47.1 Å². The van der Waals surface area contributed by atoms with Gasteiger partial charge in [-0.3, -0.25) is 33.6 Å². The maximum atomic E-state index is 12.7. The molecule has 19 heteroatoms. The number of sulfonamides is 1. The molecule has 0 saturated carbocycles. The number of aromatic amines is 1. The Morgan fingerprint density at radius 1 is 0.776 bits per heavy atom. The largest absolute Gasteiger partial charge is 0.481 e. The molecule has 1 unspecified atom stereocenters. The van der Waals surface area contributed by atoms with Crippen LogP contribution in [0.2, 0.25) is 0 Å². The maximum Gasteiger partial charge on any atom is 0.305 e. The first kappa shape index (κ1) is 37.6. The summed E-state index contributed by atoms with van der Waals surface area (Å²) in [6, 6.07) is 9.98. The van der Waals surface area contributed by atoms with Crippen molar-refractivity contribution in [1.29, 1.82) is 0 Å². The molecule has 6 amide bonds. The number of amides is 6. The van der Waals surface area contributed by atoms with Crippen LogP contribution in [0.25, 0.3) is 10.9 Å². The molecule has 2 atom stereocenters. The second-order valence-corrected chi connectivity index (χ2v) is 12.4. The van der Waals surface area contributed by atoms with Gasteiger partial charge in [0, 0.05) is 23.5 Å². The van der Waals surface area contributed by atoms with Crippen LogP contribution in [0.4, 0.5) is 0 Å². The molecule has 0 fully saturated rings. The lowest BCUT2D eigenvalue weighted by Gasteiger charge is -2.18. The van der Waals surface area contributed by atoms with Crippen molar-refractivity contribution in [2.45, 2.75) is 36.7 Å². The number of nitrogens with two attached hydrogens (primary N) is 1. The van der Waals surface area contributed by atoms with Crippen molar-refractivity contribution in [2.75, 3.05) is 26.2 Å². The van der Waals surface area contributed by atoms with E-state index in [1.54, 1.807) is 19.2 Å². The second-order valence-electron chi connectivity index (χ2n) is 10.7. The van der Waals surface area contributed by atoms with Gasteiger partial charge >= 0.3 is 5.97 Å². The van der Waals surface area contributed by atoms with Crippen LogP contribution in [-0.4, -0.2) is 98.2 Å². The van der Waals surface area contributed by atoms with Crippen molar-refractivity contribution in [3.63, 3.8) is 0 Å². The molecular weight excluding hydrogens is 664 g/mol. The number of rotatable bonds is 18. The lowest BCUT2D eigenvalue weighted by molar-refractivity contribution is -0.139. The summed E-state index contributed by atoms with van der Waals surface area (Å²) in [6.07, 6.45) is 0.795. The predicted molar refractivity (Wildman–Crippen MR) is 173 cm³/mol. The van der Waals surface area contributed by atoms with E-state index in [-0.39, 0.29) is 11.3 Å². The van der Waals surface area contributed by atoms with E-state index in [1.807, 2.05) is 22.9 Å². The molecule has 0 aliphatic carbocycles. The van der Waals surface area contributed by atoms with E-state index in [2.05, 4.69) is 31.6 Å². The Balaban J connectivity index is 1.48. The Labute approximate surface area is 280 Å². The van der Waals surface area contributed by atoms with Crippen LogP contribution in [0.3, 0.4) is 0 Å². The minimum absolute atomic E-state index is 0.0385. The van der Waals surface area contributed by atoms with Gasteiger partial charge in [-0.1, -0.05) is 35.9 Å². The van der Waals surface area contributed by atoms with Gasteiger partial charge in [0.25, 0.3) is 0 Å². The molecule has 0 saturated heterocycles. The zero-order chi connectivity index (χ0) is 36.1. The predicted octanol–water partition coefficient (Wildman–Crippen LogP) is -2.72. The van der Waals surface area contributed by atoms with Crippen molar-refractivity contribution in [2.24, 2.45) is 5.73 Å². The molecule has 1 aromatic heterocycles. The number of hydrogen-bond donors (Lipinski definition) is 9. The minimum Gasteiger partial charge on any atom is -0.481 e. The number of aliphatic carboxylic acids is 1. The average molecular weight is 701 g/mol. The summed E-state index contributed by atoms with van der Waals surface area (Å²) in [5.74, 6) is -6.51. The highest BCUT2D eigenvalue weighted by molar-refractivity contribution is 7.89. The summed E-state index contributed by atoms with van der Waals surface area (Å²) in [6.45, 7) is -0.669. The lowest BCUT2D eigenvalue weighted by Crippen LogP contribution is -2.52. The summed E-state index contributed by atoms with van der Waals surface area (Å²) in [7, 11) is -4.28. The third kappa shape index (κ3) is 12.0. The van der Waals surface area contributed by atoms with Crippen LogP contribution in [0.5, 0.6) is 0 Å². The molecule has 3 rings (SSSR count). The first-order valence-electron chi connectivity index (χ1n) is 14.7. The molecule has 0 radical (unpaired) electrons. The monoisotopic (exact) mass is 700 g/mol. The van der Waals surface area contributed by atoms with Gasteiger partial charge in [0.2, 0.25) is 45.5 Å². The molecule has 3 aromatic rings. The molecule has 2 aromatic carbocycles. The molecule has 10 N–H and O–H groups in total. The number of para-hydroxylation sites is 1. The number of carboxylic acids is 1. The Kier molecular flexibility index (Phi) is 13.3. The fraction of sp³-hybridized carbons (Fsp3) is 0.300. The van der Waals surface area contributed by atoms with Gasteiger partial charge in [-0.15, -0.1) is 0 Å². The summed E-state index contributed by atoms with van der Waals surface area (Å²) < 4.78 is 27.3. The molecule has 0 aliphatic heterocycles. The Morgan fingerprint density at radius 2 is 1.35 bits per heavy atom. The second kappa shape index (κ2) is 17.4. The number of fused-ring (bicyclic) bond motifs is 1. The van der Waals surface area contributed by atoms with Gasteiger partial charge in [-0.2, -0.15) is 4.72 Å². The summed E-state index contributed by atoms with van der Waals surface area (Å²) in [5.41, 5.74) is 7.38. The van der Waals surface area contributed by atoms with Crippen LogP contribution >= 0.6 is 0 Å². The molecule has 262 valence electrons. The van der Waals surface area contributed by atoms with E-state index in [9.17, 15) is 42.0 Å². The van der Waals surface area contributed by atoms with Crippen LogP contribution in [0.1, 0.15) is 17.5 Å². The van der Waals surface area contributed by atoms with E-state index in [1.165, 1.54) is 24.3 Å². The summed E-state index contributed by atoms with van der Waals surface area (Å²) in [4.78, 5) is 87.7. The molecule has 0 aliphatic rings. The Morgan fingerprint density at radius 3 is 1.98 bits per heavy atom. The van der Waals surface area contributed by atoms with E-state index >= 15 is 0 Å². The quantitative estimate of drug-likeness (QED) is 0.0661. The van der Waals surface area contributed by atoms with E-state index in [0.29, 0.717) is 5.56 Å². The molecule has 18 nitrogen and oxygen atoms in total. The zero-order valence-electron chi connectivity index (χ0n) is 26.2. The topological polar surface area (TPSA) is 288 Å². The number of aromatic nitrogens is 1. The number of hydrogen-bond acceptors (Lipinski definition) is 9. The zero-order valence-corrected chi connectivity index (χ0v) is 27.0. The van der Waals surface area contributed by atoms with Gasteiger partial charge in [-0.25, -0.2) is 8.42 Å². The molecule has 49 heavy (non-hydrogen) atoms. The average Bonchev–Trinajstić information content (AvgIpc) is 3.46. The number of benzene rings is 2. The minimum atomic E-state index is -4.28. The van der Waals surface area contributed by atoms with Crippen molar-refractivity contribution in [1.82, 2.24) is 36.3 Å². The highest BCUT2D eigenvalue weighted by Crippen LogP contribution is 2.19. The fourth-order valence-corrected chi connectivity index (χ4v) is 5.58. The first-order valence-corrected chi connectivity index (χ1v) is 16.1. The Bertz CT molecular complexity index is 1830. The standard InChI is InChI=1S/C30H36N8O10S/c1-17-6-8-19(9-7-17)49(47,48)38-23(11-28(43)44)30(46)36-15-26(41)33-14-25(40)34-16-27(42)37-22(29(45)35-13-24(31)39)10-18-12-32-21-5-3-2-4-20(18)21/h2-9,12,22-23,32,38H,10-11,13-16H2,1H3,(H2,31,39)(H,33,41)(H,34,40)(H,35,45)(H,36,46)(H,37,42)(H,43,44)/t22?,23-/m0/s1. The summed E-state index contributed by atoms with van der Waals surface area (Å²) >= 11 is 0. The normalized spacial score (nSPS) is 12.3. The first-order chi connectivity index (χ1) is 23.1.